The predicted octanol–water partition coefficient (Wildman–Crippen LogP) is 0.329. The van der Waals surface area contributed by atoms with E-state index in [1.165, 1.54) is 0 Å². The molecule has 0 radical (unpaired) electrons. The van der Waals surface area contributed by atoms with Crippen molar-refractivity contribution in [3.8, 4) is 0 Å². The fourth-order valence-electron chi connectivity index (χ4n) is 3.69. The van der Waals surface area contributed by atoms with Crippen molar-refractivity contribution in [1.82, 2.24) is 9.97 Å². The lowest BCUT2D eigenvalue weighted by molar-refractivity contribution is -0.139. The number of carboxylic acids is 1. The Morgan fingerprint density at radius 2 is 2.14 bits per heavy atom. The zero-order valence-electron chi connectivity index (χ0n) is 11.6. The molecule has 0 aromatic carbocycles. The molecule has 112 valence electrons. The van der Waals surface area contributed by atoms with E-state index in [0.717, 1.165) is 37.6 Å². The third kappa shape index (κ3) is 2.12. The molecule has 21 heavy (non-hydrogen) atoms. The summed E-state index contributed by atoms with van der Waals surface area (Å²) in [6, 6.07) is 1.98. The molecule has 1 aromatic rings. The first-order chi connectivity index (χ1) is 10.1. The van der Waals surface area contributed by atoms with Gasteiger partial charge in [-0.05, 0) is 18.3 Å². The normalized spacial score (nSPS) is 34.0. The van der Waals surface area contributed by atoms with Crippen molar-refractivity contribution in [2.45, 2.75) is 12.3 Å². The highest BCUT2D eigenvalue weighted by Crippen LogP contribution is 2.52. The summed E-state index contributed by atoms with van der Waals surface area (Å²) in [6.45, 7) is 2.94. The molecule has 1 aliphatic carbocycles. The van der Waals surface area contributed by atoms with Gasteiger partial charge in [-0.15, -0.1) is 0 Å². The molecule has 3 aliphatic rings. The summed E-state index contributed by atoms with van der Waals surface area (Å²) in [6.07, 6.45) is 0.961. The van der Waals surface area contributed by atoms with E-state index in [1.807, 2.05) is 6.07 Å². The highest BCUT2D eigenvalue weighted by molar-refractivity contribution is 5.75. The Morgan fingerprint density at radius 3 is 2.76 bits per heavy atom. The summed E-state index contributed by atoms with van der Waals surface area (Å²) in [4.78, 5) is 21.8. The third-order valence-electron chi connectivity index (χ3n) is 4.90. The minimum absolute atomic E-state index is 0.164. The number of aromatic nitrogens is 2. The fraction of sp³-hybridized carbons (Fsp3) is 0.643. The molecule has 4 rings (SSSR count). The van der Waals surface area contributed by atoms with E-state index in [4.69, 9.17) is 15.6 Å². The number of ether oxygens (including phenoxy) is 1. The summed E-state index contributed by atoms with van der Waals surface area (Å²) in [5.41, 5.74) is 6.77. The topological polar surface area (TPSA) is 102 Å². The molecule has 0 spiro atoms. The zero-order chi connectivity index (χ0) is 14.6. The molecular formula is C14H18N4O3. The van der Waals surface area contributed by atoms with Crippen LogP contribution in [0.3, 0.4) is 0 Å². The molecule has 1 aromatic heterocycles. The Balaban J connectivity index is 1.52. The number of fused-ring (bicyclic) bond motifs is 1. The lowest BCUT2D eigenvalue weighted by Gasteiger charge is -2.21. The second-order valence-corrected chi connectivity index (χ2v) is 6.17. The summed E-state index contributed by atoms with van der Waals surface area (Å²) in [7, 11) is 0. The van der Waals surface area contributed by atoms with E-state index in [2.05, 4.69) is 14.9 Å². The number of nitrogens with zero attached hydrogens (tertiary/aromatic N) is 3. The van der Waals surface area contributed by atoms with Crippen molar-refractivity contribution < 1.29 is 14.6 Å². The van der Waals surface area contributed by atoms with Gasteiger partial charge in [-0.25, -0.2) is 4.98 Å². The Morgan fingerprint density at radius 1 is 1.38 bits per heavy atom. The number of piperidine rings is 1. The molecule has 3 fully saturated rings. The highest BCUT2D eigenvalue weighted by Gasteiger charge is 2.60. The maximum Gasteiger partial charge on any atom is 0.307 e. The minimum atomic E-state index is -0.671. The van der Waals surface area contributed by atoms with Crippen LogP contribution in [-0.4, -0.2) is 47.3 Å². The molecule has 0 bridgehead atoms. The van der Waals surface area contributed by atoms with Gasteiger partial charge in [0.15, 0.2) is 0 Å². The number of carbonyl (C=O) groups is 1. The molecule has 7 heteroatoms. The second kappa shape index (κ2) is 4.56. The van der Waals surface area contributed by atoms with E-state index in [-0.39, 0.29) is 29.6 Å². The molecular weight excluding hydrogens is 272 g/mol. The molecule has 4 atom stereocenters. The van der Waals surface area contributed by atoms with Gasteiger partial charge in [0, 0.05) is 31.7 Å². The van der Waals surface area contributed by atoms with Gasteiger partial charge in [0.05, 0.1) is 18.2 Å². The molecule has 2 aliphatic heterocycles. The average molecular weight is 290 g/mol. The number of hydrogen-bond acceptors (Lipinski definition) is 6. The fourth-order valence-corrected chi connectivity index (χ4v) is 3.69. The number of hydrogen-bond donors (Lipinski definition) is 2. The minimum Gasteiger partial charge on any atom is -0.481 e. The van der Waals surface area contributed by atoms with Crippen LogP contribution in [0.25, 0.3) is 0 Å². The first kappa shape index (κ1) is 12.8. The van der Waals surface area contributed by atoms with Crippen LogP contribution in [0.4, 0.5) is 11.8 Å². The van der Waals surface area contributed by atoms with Crippen LogP contribution >= 0.6 is 0 Å². The molecule has 3 heterocycles. The van der Waals surface area contributed by atoms with Crippen molar-refractivity contribution >= 4 is 17.7 Å². The molecule has 0 amide bonds. The number of carboxylic acid groups (broad SMARTS) is 1. The molecule has 2 unspecified atom stereocenters. The first-order valence-electron chi connectivity index (χ1n) is 7.33. The predicted molar refractivity (Wildman–Crippen MR) is 74.9 cm³/mol. The van der Waals surface area contributed by atoms with Gasteiger partial charge in [0.25, 0.3) is 0 Å². The lowest BCUT2D eigenvalue weighted by atomic mass is 10.0. The first-order valence-corrected chi connectivity index (χ1v) is 7.33. The Hall–Kier alpha value is -1.89. The summed E-state index contributed by atoms with van der Waals surface area (Å²) in [5.74, 6) is 1.08. The van der Waals surface area contributed by atoms with Gasteiger partial charge >= 0.3 is 5.97 Å². The zero-order valence-corrected chi connectivity index (χ0v) is 11.6. The van der Waals surface area contributed by atoms with Crippen LogP contribution in [-0.2, 0) is 9.53 Å². The van der Waals surface area contributed by atoms with Gasteiger partial charge in [0.2, 0.25) is 5.95 Å². The van der Waals surface area contributed by atoms with Crippen molar-refractivity contribution in [3.05, 3.63) is 11.8 Å². The number of nitrogens with two attached hydrogens (primary N) is 1. The van der Waals surface area contributed by atoms with Crippen molar-refractivity contribution in [2.75, 3.05) is 36.9 Å². The Labute approximate surface area is 122 Å². The Kier molecular flexibility index (Phi) is 2.78. The van der Waals surface area contributed by atoms with Gasteiger partial charge in [-0.2, -0.15) is 4.98 Å². The maximum atomic E-state index is 11.0. The van der Waals surface area contributed by atoms with Gasteiger partial charge < -0.3 is 20.5 Å². The SMILES string of the molecule is Nc1nc(C2CCOC2)cc(N2C[C@@H]3C(C(=O)O)[C@@H]3C2)n1. The molecule has 2 saturated heterocycles. The summed E-state index contributed by atoms with van der Waals surface area (Å²) >= 11 is 0. The van der Waals surface area contributed by atoms with Gasteiger partial charge in [0.1, 0.15) is 5.82 Å². The summed E-state index contributed by atoms with van der Waals surface area (Å²) < 4.78 is 5.40. The molecule has 1 saturated carbocycles. The molecule has 3 N–H and O–H groups in total. The second-order valence-electron chi connectivity index (χ2n) is 6.17. The van der Waals surface area contributed by atoms with Gasteiger partial charge in [-0.1, -0.05) is 0 Å². The standard InChI is InChI=1S/C14H18N4O3/c15-14-16-10(7-1-2-21-6-7)3-11(17-14)18-4-8-9(5-18)12(8)13(19)20/h3,7-9,12H,1-2,4-6H2,(H,19,20)(H2,15,16,17)/t7?,8-,9+,12?. The summed E-state index contributed by atoms with van der Waals surface area (Å²) in [5, 5.41) is 9.07. The smallest absolute Gasteiger partial charge is 0.307 e. The maximum absolute atomic E-state index is 11.0. The van der Waals surface area contributed by atoms with E-state index in [0.29, 0.717) is 6.61 Å². The average Bonchev–Trinajstić information content (AvgIpc) is 2.89. The number of rotatable bonds is 3. The quantitative estimate of drug-likeness (QED) is 0.827. The number of nitrogen functional groups attached to an aromatic ring is 1. The van der Waals surface area contributed by atoms with Crippen LogP contribution in [0.15, 0.2) is 6.07 Å². The largest absolute Gasteiger partial charge is 0.481 e. The van der Waals surface area contributed by atoms with Crippen LogP contribution in [0.2, 0.25) is 0 Å². The van der Waals surface area contributed by atoms with Crippen LogP contribution in [0.1, 0.15) is 18.0 Å². The monoisotopic (exact) mass is 290 g/mol. The number of aliphatic carboxylic acids is 1. The molecule has 7 nitrogen and oxygen atoms in total. The van der Waals surface area contributed by atoms with Crippen LogP contribution in [0.5, 0.6) is 0 Å². The highest BCUT2D eigenvalue weighted by atomic mass is 16.5. The van der Waals surface area contributed by atoms with Crippen molar-refractivity contribution in [1.29, 1.82) is 0 Å². The number of anilines is 2. The van der Waals surface area contributed by atoms with E-state index >= 15 is 0 Å². The van der Waals surface area contributed by atoms with Crippen LogP contribution < -0.4 is 10.6 Å². The van der Waals surface area contributed by atoms with Crippen LogP contribution in [0, 0.1) is 17.8 Å². The van der Waals surface area contributed by atoms with E-state index < -0.39 is 5.97 Å². The van der Waals surface area contributed by atoms with E-state index in [1.54, 1.807) is 0 Å². The van der Waals surface area contributed by atoms with E-state index in [9.17, 15) is 4.79 Å². The van der Waals surface area contributed by atoms with Gasteiger partial charge in [-0.3, -0.25) is 4.79 Å². The van der Waals surface area contributed by atoms with Crippen molar-refractivity contribution in [2.24, 2.45) is 17.8 Å². The van der Waals surface area contributed by atoms with Crippen molar-refractivity contribution in [3.63, 3.8) is 0 Å². The lowest BCUT2D eigenvalue weighted by Crippen LogP contribution is -2.27. The third-order valence-corrected chi connectivity index (χ3v) is 4.90. The Bertz CT molecular complexity index is 576.